The molecule has 112 valence electrons. The summed E-state index contributed by atoms with van der Waals surface area (Å²) in [6, 6.07) is 9.17. The number of rotatable bonds is 4. The van der Waals surface area contributed by atoms with Crippen LogP contribution in [0.15, 0.2) is 46.5 Å². The molecule has 1 aromatic carbocycles. The van der Waals surface area contributed by atoms with Gasteiger partial charge < -0.3 is 4.74 Å². The third-order valence-electron chi connectivity index (χ3n) is 2.88. The lowest BCUT2D eigenvalue weighted by Gasteiger charge is -2.25. The van der Waals surface area contributed by atoms with Gasteiger partial charge >= 0.3 is 16.2 Å². The Morgan fingerprint density at radius 2 is 1.95 bits per heavy atom. The summed E-state index contributed by atoms with van der Waals surface area (Å²) in [5.41, 5.74) is 1.07. The number of benzene rings is 1. The molecule has 0 atom stereocenters. The van der Waals surface area contributed by atoms with Crippen molar-refractivity contribution >= 4 is 21.9 Å². The van der Waals surface area contributed by atoms with Crippen molar-refractivity contribution in [1.29, 1.82) is 0 Å². The van der Waals surface area contributed by atoms with E-state index in [0.717, 1.165) is 9.87 Å². The molecular formula is C14H16N2O4S. The van der Waals surface area contributed by atoms with Crippen LogP contribution in [-0.2, 0) is 26.3 Å². The molecule has 6 nitrogen and oxygen atoms in total. The normalized spacial score (nSPS) is 17.0. The molecule has 0 spiro atoms. The van der Waals surface area contributed by atoms with Crippen LogP contribution < -0.4 is 0 Å². The number of carbonyl (C=O) groups excluding carboxylic acids is 1. The molecular weight excluding hydrogens is 292 g/mol. The molecule has 0 radical (unpaired) electrons. The molecule has 0 saturated carbocycles. The van der Waals surface area contributed by atoms with Crippen molar-refractivity contribution in [3.63, 3.8) is 0 Å². The first-order valence-corrected chi connectivity index (χ1v) is 7.85. The average molecular weight is 308 g/mol. The second-order valence-electron chi connectivity index (χ2n) is 4.45. The van der Waals surface area contributed by atoms with Crippen LogP contribution in [0.4, 0.5) is 0 Å². The van der Waals surface area contributed by atoms with Gasteiger partial charge in [0.2, 0.25) is 0 Å². The minimum Gasteiger partial charge on any atom is -0.461 e. The van der Waals surface area contributed by atoms with E-state index in [9.17, 15) is 13.2 Å². The van der Waals surface area contributed by atoms with E-state index in [4.69, 9.17) is 4.74 Å². The third-order valence-corrected chi connectivity index (χ3v) is 4.29. The lowest BCUT2D eigenvalue weighted by atomic mass is 10.2. The smallest absolute Gasteiger partial charge is 0.357 e. The molecule has 1 aromatic rings. The van der Waals surface area contributed by atoms with Crippen molar-refractivity contribution < 1.29 is 17.9 Å². The molecule has 0 fully saturated rings. The minimum atomic E-state index is -3.93. The van der Waals surface area contributed by atoms with E-state index in [2.05, 4.69) is 4.40 Å². The van der Waals surface area contributed by atoms with Gasteiger partial charge in [0.05, 0.1) is 13.2 Å². The van der Waals surface area contributed by atoms with Gasteiger partial charge in [-0.25, -0.2) is 4.79 Å². The summed E-state index contributed by atoms with van der Waals surface area (Å²) in [5, 5.41) is 0. The lowest BCUT2D eigenvalue weighted by molar-refractivity contribution is -0.134. The highest BCUT2D eigenvalue weighted by Crippen LogP contribution is 2.21. The summed E-state index contributed by atoms with van der Waals surface area (Å²) in [7, 11) is -3.93. The van der Waals surface area contributed by atoms with Gasteiger partial charge in [-0.3, -0.25) is 4.31 Å². The fourth-order valence-corrected chi connectivity index (χ4v) is 3.11. The zero-order valence-corrected chi connectivity index (χ0v) is 12.6. The van der Waals surface area contributed by atoms with Crippen LogP contribution in [-0.4, -0.2) is 31.0 Å². The van der Waals surface area contributed by atoms with E-state index in [0.29, 0.717) is 5.70 Å². The zero-order chi connectivity index (χ0) is 15.5. The van der Waals surface area contributed by atoms with Gasteiger partial charge in [-0.15, -0.1) is 4.40 Å². The van der Waals surface area contributed by atoms with Gasteiger partial charge in [0.1, 0.15) is 0 Å². The molecule has 0 unspecified atom stereocenters. The number of hydrogen-bond donors (Lipinski definition) is 0. The van der Waals surface area contributed by atoms with Gasteiger partial charge in [0.15, 0.2) is 5.71 Å². The molecule has 0 amide bonds. The van der Waals surface area contributed by atoms with Gasteiger partial charge in [-0.2, -0.15) is 8.42 Å². The largest absolute Gasteiger partial charge is 0.461 e. The predicted molar refractivity (Wildman–Crippen MR) is 78.7 cm³/mol. The highest BCUT2D eigenvalue weighted by molar-refractivity contribution is 7.88. The van der Waals surface area contributed by atoms with Crippen molar-refractivity contribution in [2.75, 3.05) is 6.61 Å². The molecule has 7 heteroatoms. The molecule has 0 saturated heterocycles. The van der Waals surface area contributed by atoms with Gasteiger partial charge in [0, 0.05) is 5.70 Å². The zero-order valence-electron chi connectivity index (χ0n) is 11.8. The second kappa shape index (κ2) is 6.09. The van der Waals surface area contributed by atoms with E-state index in [1.54, 1.807) is 13.8 Å². The van der Waals surface area contributed by atoms with Crippen LogP contribution in [0.1, 0.15) is 19.4 Å². The van der Waals surface area contributed by atoms with Gasteiger partial charge in [0.25, 0.3) is 0 Å². The Labute approximate surface area is 123 Å². The van der Waals surface area contributed by atoms with E-state index in [-0.39, 0.29) is 18.9 Å². The first-order valence-electron chi connectivity index (χ1n) is 6.46. The number of hydrogen-bond acceptors (Lipinski definition) is 4. The SMILES string of the molecule is CCOC(=O)C1=NS(=O)(=O)N(Cc2ccccc2)C(C)=C1. The molecule has 0 bridgehead atoms. The average Bonchev–Trinajstić information content (AvgIpc) is 2.44. The summed E-state index contributed by atoms with van der Waals surface area (Å²) in [6.45, 7) is 3.60. The van der Waals surface area contributed by atoms with E-state index < -0.39 is 16.2 Å². The Hall–Kier alpha value is -2.15. The Bertz CT molecular complexity index is 693. The molecule has 21 heavy (non-hydrogen) atoms. The highest BCUT2D eigenvalue weighted by atomic mass is 32.2. The molecule has 2 rings (SSSR count). The Morgan fingerprint density at radius 3 is 2.52 bits per heavy atom. The van der Waals surface area contributed by atoms with Crippen molar-refractivity contribution in [2.45, 2.75) is 20.4 Å². The maximum atomic E-state index is 12.2. The molecule has 0 aliphatic carbocycles. The van der Waals surface area contributed by atoms with Crippen LogP contribution in [0.2, 0.25) is 0 Å². The van der Waals surface area contributed by atoms with Crippen molar-refractivity contribution in [2.24, 2.45) is 4.40 Å². The molecule has 1 heterocycles. The highest BCUT2D eigenvalue weighted by Gasteiger charge is 2.29. The summed E-state index contributed by atoms with van der Waals surface area (Å²) >= 11 is 0. The van der Waals surface area contributed by atoms with Crippen LogP contribution in [0.25, 0.3) is 0 Å². The lowest BCUT2D eigenvalue weighted by Crippen LogP contribution is -2.33. The third kappa shape index (κ3) is 3.49. The standard InChI is InChI=1S/C14H16N2O4S/c1-3-20-14(17)13-9-11(2)16(21(18,19)15-13)10-12-7-5-4-6-8-12/h4-9H,3,10H2,1-2H3. The second-order valence-corrected chi connectivity index (χ2v) is 5.97. The first-order chi connectivity index (χ1) is 9.94. The van der Waals surface area contributed by atoms with Gasteiger partial charge in [-0.05, 0) is 25.5 Å². The summed E-state index contributed by atoms with van der Waals surface area (Å²) in [6.07, 6.45) is 1.42. The van der Waals surface area contributed by atoms with Crippen molar-refractivity contribution in [1.82, 2.24) is 4.31 Å². The first kappa shape index (κ1) is 15.2. The number of nitrogens with zero attached hydrogens (tertiary/aromatic N) is 2. The topological polar surface area (TPSA) is 76.0 Å². The van der Waals surface area contributed by atoms with Crippen LogP contribution in [0, 0.1) is 0 Å². The minimum absolute atomic E-state index is 0.165. The monoisotopic (exact) mass is 308 g/mol. The Balaban J connectivity index is 2.28. The summed E-state index contributed by atoms with van der Waals surface area (Å²) < 4.78 is 33.9. The predicted octanol–water partition coefficient (Wildman–Crippen LogP) is 1.65. The number of esters is 1. The maximum absolute atomic E-state index is 12.2. The molecule has 1 aliphatic rings. The van der Waals surface area contributed by atoms with E-state index >= 15 is 0 Å². The van der Waals surface area contributed by atoms with E-state index in [1.165, 1.54) is 6.08 Å². The fourth-order valence-electron chi connectivity index (χ4n) is 1.91. The summed E-state index contributed by atoms with van der Waals surface area (Å²) in [4.78, 5) is 11.6. The molecule has 1 aliphatic heterocycles. The van der Waals surface area contributed by atoms with E-state index in [1.807, 2.05) is 30.3 Å². The van der Waals surface area contributed by atoms with Crippen molar-refractivity contribution in [3.05, 3.63) is 47.7 Å². The maximum Gasteiger partial charge on any atom is 0.357 e. The Morgan fingerprint density at radius 1 is 1.29 bits per heavy atom. The number of carbonyl (C=O) groups is 1. The fraction of sp³-hybridized carbons (Fsp3) is 0.286. The number of allylic oxidation sites excluding steroid dienone is 1. The summed E-state index contributed by atoms with van der Waals surface area (Å²) in [5.74, 6) is -0.736. The van der Waals surface area contributed by atoms with Gasteiger partial charge in [-0.1, -0.05) is 30.3 Å². The Kier molecular flexibility index (Phi) is 4.42. The van der Waals surface area contributed by atoms with Crippen LogP contribution >= 0.6 is 0 Å². The molecule has 0 N–H and O–H groups in total. The molecule has 0 aromatic heterocycles. The quantitative estimate of drug-likeness (QED) is 0.793. The van der Waals surface area contributed by atoms with Crippen LogP contribution in [0.5, 0.6) is 0 Å². The van der Waals surface area contributed by atoms with Crippen molar-refractivity contribution in [3.8, 4) is 0 Å². The van der Waals surface area contributed by atoms with Crippen LogP contribution in [0.3, 0.4) is 0 Å². The number of ether oxygens (including phenoxy) is 1.